The molecule has 1 aliphatic heterocycles. The van der Waals surface area contributed by atoms with Crippen molar-refractivity contribution in [1.29, 1.82) is 0 Å². The zero-order chi connectivity index (χ0) is 33.1. The Morgan fingerprint density at radius 2 is 1.54 bits per heavy atom. The first-order valence-electron chi connectivity index (χ1n) is 14.8. The number of rotatable bonds is 13. The Labute approximate surface area is 289 Å². The number of sulfonamides is 1. The van der Waals surface area contributed by atoms with Crippen LogP contribution in [-0.4, -0.2) is 105 Å². The van der Waals surface area contributed by atoms with Crippen molar-refractivity contribution in [3.63, 3.8) is 0 Å². The number of aromatic nitrogens is 1. The van der Waals surface area contributed by atoms with Crippen LogP contribution in [0.5, 0.6) is 0 Å². The van der Waals surface area contributed by atoms with Crippen molar-refractivity contribution in [2.45, 2.75) is 82.1 Å². The van der Waals surface area contributed by atoms with Gasteiger partial charge in [-0.05, 0) is 72.7 Å². The summed E-state index contributed by atoms with van der Waals surface area (Å²) < 4.78 is 60.5. The molecule has 3 atom stereocenters. The first-order chi connectivity index (χ1) is 21.2. The number of benzene rings is 2. The summed E-state index contributed by atoms with van der Waals surface area (Å²) in [5.74, 6) is -2.88. The fraction of sp³-hybridized carbons (Fsp3) is 0.438. The van der Waals surface area contributed by atoms with Crippen molar-refractivity contribution in [3.05, 3.63) is 65.9 Å². The van der Waals surface area contributed by atoms with E-state index in [-0.39, 0.29) is 90.4 Å². The minimum absolute atomic E-state index is 0. The van der Waals surface area contributed by atoms with Crippen LogP contribution in [0.4, 0.5) is 8.78 Å². The first kappa shape index (κ1) is 37.8. The van der Waals surface area contributed by atoms with Crippen LogP contribution in [0.3, 0.4) is 0 Å². The Bertz CT molecular complexity index is 1630. The summed E-state index contributed by atoms with van der Waals surface area (Å²) in [6.45, 7) is 5.30. The molecule has 46 heavy (non-hydrogen) atoms. The van der Waals surface area contributed by atoms with Crippen LogP contribution in [0.25, 0.3) is 22.4 Å². The number of halogens is 2. The third-order valence-electron chi connectivity index (χ3n) is 7.85. The number of carbonyl (C=O) groups excluding carboxylic acids is 1. The predicted octanol–water partition coefficient (Wildman–Crippen LogP) is 3.45. The zero-order valence-electron chi connectivity index (χ0n) is 25.4. The van der Waals surface area contributed by atoms with E-state index in [0.29, 0.717) is 28.9 Å². The Hall–Kier alpha value is -2.65. The first-order valence-corrected chi connectivity index (χ1v) is 16.3. The second kappa shape index (κ2) is 16.0. The average Bonchev–Trinajstić information content (AvgIpc) is 3.55. The molecule has 3 aromatic rings. The van der Waals surface area contributed by atoms with Crippen LogP contribution in [0.1, 0.15) is 58.1 Å². The van der Waals surface area contributed by atoms with E-state index >= 15 is 0 Å². The average molecular weight is 672 g/mol. The molecule has 1 aromatic heterocycles. The number of carbonyl (C=O) groups is 2. The molecule has 4 rings (SSSR count). The third kappa shape index (κ3) is 8.82. The number of aliphatic hydroxyl groups is 2. The van der Waals surface area contributed by atoms with Gasteiger partial charge >= 0.3 is 35.5 Å². The topological polar surface area (TPSA) is 149 Å². The van der Waals surface area contributed by atoms with Crippen molar-refractivity contribution >= 4 is 51.5 Å². The van der Waals surface area contributed by atoms with E-state index in [9.17, 15) is 37.0 Å². The molecule has 10 nitrogen and oxygen atoms in total. The van der Waals surface area contributed by atoms with Crippen LogP contribution >= 0.6 is 0 Å². The van der Waals surface area contributed by atoms with Gasteiger partial charge in [-0.1, -0.05) is 26.0 Å². The minimum atomic E-state index is -4.24. The van der Waals surface area contributed by atoms with E-state index < -0.39 is 46.3 Å². The van der Waals surface area contributed by atoms with Crippen LogP contribution in [0.2, 0.25) is 0 Å². The summed E-state index contributed by atoms with van der Waals surface area (Å²) in [5.41, 5.74) is 2.00. The summed E-state index contributed by atoms with van der Waals surface area (Å²) in [6, 6.07) is 10.6. The van der Waals surface area contributed by atoms with Gasteiger partial charge in [0.25, 0.3) is 0 Å². The van der Waals surface area contributed by atoms with Crippen LogP contribution in [0.15, 0.2) is 53.4 Å². The van der Waals surface area contributed by atoms with E-state index in [1.165, 1.54) is 59.8 Å². The quantitative estimate of drug-likeness (QED) is 0.204. The molecule has 246 valence electrons. The second-order valence-electron chi connectivity index (χ2n) is 11.7. The van der Waals surface area contributed by atoms with Gasteiger partial charge in [0.1, 0.15) is 16.5 Å². The molecule has 14 heteroatoms. The molecule has 2 aromatic carbocycles. The Morgan fingerprint density at radius 1 is 0.978 bits per heavy atom. The summed E-state index contributed by atoms with van der Waals surface area (Å²) in [4.78, 5) is 22.7. The summed E-state index contributed by atoms with van der Waals surface area (Å²) >= 11 is 0. The number of nitrogens with zero attached hydrogens (tertiary/aromatic N) is 2. The van der Waals surface area contributed by atoms with Crippen LogP contribution < -0.4 is 5.32 Å². The number of aliphatic carboxylic acids is 1. The molecular formula is C32H40F2N3NaO7S. The van der Waals surface area contributed by atoms with Crippen molar-refractivity contribution in [2.75, 3.05) is 13.1 Å². The van der Waals surface area contributed by atoms with E-state index in [1.807, 2.05) is 13.8 Å². The molecule has 0 aliphatic carbocycles. The molecule has 0 bridgehead atoms. The van der Waals surface area contributed by atoms with E-state index in [1.54, 1.807) is 4.57 Å². The fourth-order valence-corrected chi connectivity index (χ4v) is 8.01. The number of carboxylic acid groups (broad SMARTS) is 1. The van der Waals surface area contributed by atoms with Gasteiger partial charge in [-0.15, -0.1) is 0 Å². The molecule has 3 unspecified atom stereocenters. The van der Waals surface area contributed by atoms with Gasteiger partial charge in [-0.25, -0.2) is 17.2 Å². The summed E-state index contributed by atoms with van der Waals surface area (Å²) in [6.07, 6.45) is -2.68. The SMILES string of the molecule is CC(=O)NC1CCN(S(=O)(=O)c2c(-c3ccc(F)cc3)c(-c3ccc(F)cc3)n(CCC(O)CC(O)CC(=O)O)c2C(C)C)C1.[NaH]. The van der Waals surface area contributed by atoms with Crippen molar-refractivity contribution in [3.8, 4) is 22.4 Å². The maximum atomic E-state index is 14.6. The number of aliphatic hydroxyl groups excluding tert-OH is 2. The normalized spacial score (nSPS) is 16.7. The van der Waals surface area contributed by atoms with Gasteiger partial charge in [0.2, 0.25) is 15.9 Å². The molecule has 1 amide bonds. The zero-order valence-corrected chi connectivity index (χ0v) is 26.2. The molecule has 1 aliphatic rings. The van der Waals surface area contributed by atoms with Gasteiger partial charge in [-0.2, -0.15) is 4.31 Å². The monoisotopic (exact) mass is 671 g/mol. The standard InChI is InChI=1S/C32H39F2N3O7S.Na.H/c1-19(2)30-32(45(43,44)36-14-12-25(18-36)35-20(3)38)29(21-4-8-23(33)9-5-21)31(22-6-10-24(34)11-7-22)37(30)15-13-26(39)16-27(40)17-28(41)42;;/h4-11,19,25-27,39-40H,12-18H2,1-3H3,(H,35,38)(H,41,42);;. The molecular weight excluding hydrogens is 631 g/mol. The number of carboxylic acids is 1. The predicted molar refractivity (Wildman–Crippen MR) is 171 cm³/mol. The number of hydrogen-bond donors (Lipinski definition) is 4. The Kier molecular flexibility index (Phi) is 13.1. The number of hydrogen-bond acceptors (Lipinski definition) is 6. The van der Waals surface area contributed by atoms with Crippen molar-refractivity contribution < 1.29 is 42.1 Å². The summed E-state index contributed by atoms with van der Waals surface area (Å²) in [7, 11) is -4.24. The third-order valence-corrected chi connectivity index (χ3v) is 9.79. The van der Waals surface area contributed by atoms with Crippen molar-refractivity contribution in [2.24, 2.45) is 0 Å². The number of amides is 1. The summed E-state index contributed by atoms with van der Waals surface area (Å²) in [5, 5.41) is 32.6. The fourth-order valence-electron chi connectivity index (χ4n) is 5.95. The van der Waals surface area contributed by atoms with E-state index in [4.69, 9.17) is 5.11 Å². The van der Waals surface area contributed by atoms with E-state index in [2.05, 4.69) is 5.32 Å². The van der Waals surface area contributed by atoms with Gasteiger partial charge in [0.05, 0.1) is 24.3 Å². The van der Waals surface area contributed by atoms with Crippen LogP contribution in [-0.2, 0) is 26.2 Å². The van der Waals surface area contributed by atoms with Gasteiger partial charge in [-0.3, -0.25) is 9.59 Å². The maximum absolute atomic E-state index is 14.6. The molecule has 0 saturated carbocycles. The van der Waals surface area contributed by atoms with Gasteiger partial charge in [0, 0.05) is 43.9 Å². The molecule has 0 radical (unpaired) electrons. The molecule has 2 heterocycles. The molecule has 1 fully saturated rings. The molecule has 4 N–H and O–H groups in total. The van der Waals surface area contributed by atoms with Gasteiger partial charge < -0.3 is 25.2 Å². The second-order valence-corrected chi connectivity index (χ2v) is 13.6. The van der Waals surface area contributed by atoms with Crippen LogP contribution in [0, 0.1) is 11.6 Å². The molecule has 0 spiro atoms. The molecule has 1 saturated heterocycles. The Balaban J connectivity index is 0.00000576. The number of nitrogens with one attached hydrogen (secondary N) is 1. The van der Waals surface area contributed by atoms with Gasteiger partial charge in [0.15, 0.2) is 0 Å². The Morgan fingerprint density at radius 3 is 2.07 bits per heavy atom. The van der Waals surface area contributed by atoms with Crippen molar-refractivity contribution in [1.82, 2.24) is 14.2 Å². The van der Waals surface area contributed by atoms with E-state index in [0.717, 1.165) is 0 Å².